The highest BCUT2D eigenvalue weighted by atomic mass is 32.2. The van der Waals surface area contributed by atoms with Crippen LogP contribution >= 0.6 is 23.1 Å². The molecule has 1 aliphatic heterocycles. The summed E-state index contributed by atoms with van der Waals surface area (Å²) in [6.45, 7) is 0. The minimum atomic E-state index is -0.462. The summed E-state index contributed by atoms with van der Waals surface area (Å²) < 4.78 is 5.16. The Morgan fingerprint density at radius 3 is 2.79 bits per heavy atom. The molecule has 1 aliphatic rings. The van der Waals surface area contributed by atoms with Crippen LogP contribution in [-0.4, -0.2) is 29.2 Å². The van der Waals surface area contributed by atoms with Crippen molar-refractivity contribution in [3.63, 3.8) is 0 Å². The van der Waals surface area contributed by atoms with Gasteiger partial charge in [-0.05, 0) is 36.4 Å². The van der Waals surface area contributed by atoms with Crippen molar-refractivity contribution < 1.29 is 14.3 Å². The molecule has 6 nitrogen and oxygen atoms in total. The average Bonchev–Trinajstić information content (AvgIpc) is 3.17. The van der Waals surface area contributed by atoms with Crippen LogP contribution in [0.2, 0.25) is 0 Å². The van der Waals surface area contributed by atoms with E-state index in [1.807, 2.05) is 53.9 Å². The number of methoxy groups -OCH3 is 1. The van der Waals surface area contributed by atoms with Gasteiger partial charge in [-0.2, -0.15) is 0 Å². The summed E-state index contributed by atoms with van der Waals surface area (Å²) in [6.07, 6.45) is 0.0856. The van der Waals surface area contributed by atoms with Crippen molar-refractivity contribution in [1.29, 1.82) is 0 Å². The number of nitrogens with one attached hydrogen (secondary N) is 2. The molecule has 2 aromatic carbocycles. The lowest BCUT2D eigenvalue weighted by atomic mass is 10.2. The Morgan fingerprint density at radius 2 is 2.00 bits per heavy atom. The molecule has 2 amide bonds. The van der Waals surface area contributed by atoms with Crippen molar-refractivity contribution in [2.24, 2.45) is 0 Å². The first-order valence-electron chi connectivity index (χ1n) is 8.59. The van der Waals surface area contributed by atoms with Crippen LogP contribution in [0.5, 0.6) is 5.75 Å². The van der Waals surface area contributed by atoms with Crippen molar-refractivity contribution in [2.75, 3.05) is 17.7 Å². The highest BCUT2D eigenvalue weighted by Crippen LogP contribution is 2.36. The second-order valence-electron chi connectivity index (χ2n) is 6.11. The van der Waals surface area contributed by atoms with Gasteiger partial charge in [-0.3, -0.25) is 9.59 Å². The highest BCUT2D eigenvalue weighted by Gasteiger charge is 2.29. The Kier molecular flexibility index (Phi) is 5.31. The largest absolute Gasteiger partial charge is 0.497 e. The summed E-state index contributed by atoms with van der Waals surface area (Å²) in [5, 5.41) is 7.58. The first-order chi connectivity index (χ1) is 13.6. The molecule has 0 saturated carbocycles. The van der Waals surface area contributed by atoms with E-state index in [-0.39, 0.29) is 18.2 Å². The highest BCUT2D eigenvalue weighted by molar-refractivity contribution is 8.01. The maximum Gasteiger partial charge on any atom is 0.238 e. The van der Waals surface area contributed by atoms with Crippen LogP contribution < -0.4 is 15.4 Å². The van der Waals surface area contributed by atoms with Gasteiger partial charge in [0.25, 0.3) is 0 Å². The SMILES string of the molecule is COc1ccc(-c2csc(NC(=O)C[C@H]3Sc4ccccc4NC3=O)n2)cc1. The Labute approximate surface area is 170 Å². The quantitative estimate of drug-likeness (QED) is 0.656. The fourth-order valence-corrected chi connectivity index (χ4v) is 4.64. The molecule has 0 bridgehead atoms. The van der Waals surface area contributed by atoms with Gasteiger partial charge in [0, 0.05) is 22.3 Å². The second-order valence-corrected chi connectivity index (χ2v) is 8.21. The Hall–Kier alpha value is -2.84. The van der Waals surface area contributed by atoms with Gasteiger partial charge in [0.05, 0.1) is 23.7 Å². The number of rotatable bonds is 5. The van der Waals surface area contributed by atoms with E-state index < -0.39 is 5.25 Å². The Morgan fingerprint density at radius 1 is 1.21 bits per heavy atom. The van der Waals surface area contributed by atoms with Gasteiger partial charge in [-0.15, -0.1) is 23.1 Å². The summed E-state index contributed by atoms with van der Waals surface area (Å²) >= 11 is 2.76. The van der Waals surface area contributed by atoms with Gasteiger partial charge < -0.3 is 15.4 Å². The lowest BCUT2D eigenvalue weighted by molar-refractivity contribution is -0.120. The number of carbonyl (C=O) groups is 2. The fourth-order valence-electron chi connectivity index (χ4n) is 2.79. The standard InChI is InChI=1S/C20H17N3O3S2/c1-26-13-8-6-12(7-9-13)15-11-27-20(22-15)23-18(24)10-17-19(25)21-14-4-2-3-5-16(14)28-17/h2-9,11,17H,10H2,1H3,(H,21,25)(H,22,23,24)/t17-/m1/s1. The molecule has 0 fully saturated rings. The number of fused-ring (bicyclic) bond motifs is 1. The molecule has 0 radical (unpaired) electrons. The van der Waals surface area contributed by atoms with Gasteiger partial charge in [0.2, 0.25) is 11.8 Å². The van der Waals surface area contributed by atoms with E-state index in [1.165, 1.54) is 23.1 Å². The van der Waals surface area contributed by atoms with E-state index in [9.17, 15) is 9.59 Å². The smallest absolute Gasteiger partial charge is 0.238 e. The van der Waals surface area contributed by atoms with Crippen LogP contribution in [0.3, 0.4) is 0 Å². The average molecular weight is 412 g/mol. The molecule has 0 unspecified atom stereocenters. The maximum absolute atomic E-state index is 12.4. The molecule has 0 aliphatic carbocycles. The van der Waals surface area contributed by atoms with E-state index in [1.54, 1.807) is 7.11 Å². The van der Waals surface area contributed by atoms with Crippen molar-refractivity contribution in [3.05, 3.63) is 53.9 Å². The van der Waals surface area contributed by atoms with Crippen molar-refractivity contribution in [1.82, 2.24) is 4.98 Å². The molecule has 28 heavy (non-hydrogen) atoms. The Balaban J connectivity index is 1.39. The fraction of sp³-hybridized carbons (Fsp3) is 0.150. The summed E-state index contributed by atoms with van der Waals surface area (Å²) in [5.74, 6) is 0.386. The lowest BCUT2D eigenvalue weighted by Crippen LogP contribution is -2.32. The molecular formula is C20H17N3O3S2. The molecule has 1 atom stereocenters. The number of hydrogen-bond donors (Lipinski definition) is 2. The predicted octanol–water partition coefficient (Wildman–Crippen LogP) is 4.26. The van der Waals surface area contributed by atoms with Crippen LogP contribution in [0.25, 0.3) is 11.3 Å². The first kappa shape index (κ1) is 18.5. The number of thiazole rings is 1. The zero-order chi connectivity index (χ0) is 19.5. The summed E-state index contributed by atoms with van der Waals surface area (Å²) in [7, 11) is 1.62. The van der Waals surface area contributed by atoms with Crippen LogP contribution in [-0.2, 0) is 9.59 Å². The van der Waals surface area contributed by atoms with E-state index in [4.69, 9.17) is 4.74 Å². The molecule has 0 spiro atoms. The third-order valence-electron chi connectivity index (χ3n) is 4.21. The van der Waals surface area contributed by atoms with Gasteiger partial charge in [0.15, 0.2) is 5.13 Å². The summed E-state index contributed by atoms with van der Waals surface area (Å²) in [4.78, 5) is 30.1. The summed E-state index contributed by atoms with van der Waals surface area (Å²) in [5.41, 5.74) is 2.51. The van der Waals surface area contributed by atoms with E-state index in [0.29, 0.717) is 5.13 Å². The minimum absolute atomic E-state index is 0.0856. The third-order valence-corrected chi connectivity index (χ3v) is 6.25. The molecule has 8 heteroatoms. The molecule has 1 aromatic heterocycles. The topological polar surface area (TPSA) is 80.3 Å². The number of nitrogens with zero attached hydrogens (tertiary/aromatic N) is 1. The first-order valence-corrected chi connectivity index (χ1v) is 10.3. The number of carbonyl (C=O) groups excluding carboxylic acids is 2. The van der Waals surface area contributed by atoms with Gasteiger partial charge in [0.1, 0.15) is 5.75 Å². The predicted molar refractivity (Wildman–Crippen MR) is 112 cm³/mol. The van der Waals surface area contributed by atoms with Gasteiger partial charge in [-0.1, -0.05) is 12.1 Å². The van der Waals surface area contributed by atoms with E-state index in [0.717, 1.165) is 27.6 Å². The number of hydrogen-bond acceptors (Lipinski definition) is 6. The van der Waals surface area contributed by atoms with Crippen molar-refractivity contribution in [2.45, 2.75) is 16.6 Å². The zero-order valence-corrected chi connectivity index (χ0v) is 16.6. The van der Waals surface area contributed by atoms with Crippen LogP contribution in [0.4, 0.5) is 10.8 Å². The molecule has 2 heterocycles. The van der Waals surface area contributed by atoms with Gasteiger partial charge in [-0.25, -0.2) is 4.98 Å². The number of benzene rings is 2. The maximum atomic E-state index is 12.4. The van der Waals surface area contributed by atoms with Crippen LogP contribution in [0.15, 0.2) is 58.8 Å². The zero-order valence-electron chi connectivity index (χ0n) is 15.0. The van der Waals surface area contributed by atoms with Gasteiger partial charge >= 0.3 is 0 Å². The monoisotopic (exact) mass is 411 g/mol. The molecule has 0 saturated heterocycles. The lowest BCUT2D eigenvalue weighted by Gasteiger charge is -2.23. The van der Waals surface area contributed by atoms with E-state index >= 15 is 0 Å². The number of anilines is 2. The molecule has 142 valence electrons. The van der Waals surface area contributed by atoms with Crippen LogP contribution in [0.1, 0.15) is 6.42 Å². The molecule has 2 N–H and O–H groups in total. The van der Waals surface area contributed by atoms with Crippen molar-refractivity contribution in [3.8, 4) is 17.0 Å². The van der Waals surface area contributed by atoms with Crippen LogP contribution in [0, 0.1) is 0 Å². The Bertz CT molecular complexity index is 1020. The molecule has 4 rings (SSSR count). The van der Waals surface area contributed by atoms with E-state index in [2.05, 4.69) is 15.6 Å². The molecular weight excluding hydrogens is 394 g/mol. The number of ether oxygens (including phenoxy) is 1. The normalized spacial score (nSPS) is 15.5. The summed E-state index contributed by atoms with van der Waals surface area (Å²) in [6, 6.07) is 15.1. The number of thioether (sulfide) groups is 1. The number of amides is 2. The molecule has 3 aromatic rings. The van der Waals surface area contributed by atoms with Crippen molar-refractivity contribution >= 4 is 45.7 Å². The third kappa shape index (κ3) is 4.02. The minimum Gasteiger partial charge on any atom is -0.497 e. The number of aromatic nitrogens is 1. The number of para-hydroxylation sites is 1. The second kappa shape index (κ2) is 8.04.